The lowest BCUT2D eigenvalue weighted by Crippen LogP contribution is -2.38. The van der Waals surface area contributed by atoms with Crippen LogP contribution in [0.15, 0.2) is 83.9 Å². The predicted octanol–water partition coefficient (Wildman–Crippen LogP) is 3.61. The fraction of sp³-hybridized carbons (Fsp3) is 0.174. The standard InChI is InChI=1S/C23H22N2/c1-18-8-7-12-20(16-18)23-24-22-13-6-5-11-21(22)17-25(23)15-14-19-9-3-2-4-10-19/h2-13,16-17,23H,14-15H2,1H3. The maximum Gasteiger partial charge on any atom is 0.147 e. The predicted molar refractivity (Wildman–Crippen MR) is 102 cm³/mol. The Morgan fingerprint density at radius 2 is 1.68 bits per heavy atom. The minimum atomic E-state index is 0.0403. The lowest BCUT2D eigenvalue weighted by atomic mass is 10.1. The van der Waals surface area contributed by atoms with Gasteiger partial charge in [-0.05, 0) is 30.5 Å². The van der Waals surface area contributed by atoms with E-state index in [0.717, 1.165) is 18.3 Å². The highest BCUT2D eigenvalue weighted by Crippen LogP contribution is 2.24. The Morgan fingerprint density at radius 1 is 0.880 bits per heavy atom. The first-order valence-corrected chi connectivity index (χ1v) is 8.80. The quantitative estimate of drug-likeness (QED) is 0.715. The SMILES string of the molecule is Cc1cccc(C2N=c3ccccc3=CN2CCc2ccccc2)c1. The highest BCUT2D eigenvalue weighted by Gasteiger charge is 2.19. The molecule has 1 heterocycles. The van der Waals surface area contributed by atoms with E-state index in [2.05, 4.69) is 96.9 Å². The Kier molecular flexibility index (Phi) is 4.34. The van der Waals surface area contributed by atoms with Gasteiger partial charge in [0.25, 0.3) is 0 Å². The molecule has 0 aliphatic carbocycles. The molecule has 25 heavy (non-hydrogen) atoms. The van der Waals surface area contributed by atoms with Crippen LogP contribution in [0.25, 0.3) is 6.20 Å². The summed E-state index contributed by atoms with van der Waals surface area (Å²) >= 11 is 0. The Morgan fingerprint density at radius 3 is 2.52 bits per heavy atom. The molecule has 3 aromatic rings. The van der Waals surface area contributed by atoms with Gasteiger partial charge in [0.2, 0.25) is 0 Å². The summed E-state index contributed by atoms with van der Waals surface area (Å²) in [4.78, 5) is 7.41. The smallest absolute Gasteiger partial charge is 0.147 e. The minimum absolute atomic E-state index is 0.0403. The minimum Gasteiger partial charge on any atom is -0.351 e. The van der Waals surface area contributed by atoms with Gasteiger partial charge < -0.3 is 4.90 Å². The van der Waals surface area contributed by atoms with E-state index >= 15 is 0 Å². The van der Waals surface area contributed by atoms with Crippen molar-refractivity contribution in [3.05, 3.63) is 106 Å². The van der Waals surface area contributed by atoms with Crippen LogP contribution < -0.4 is 10.6 Å². The van der Waals surface area contributed by atoms with Crippen LogP contribution >= 0.6 is 0 Å². The average molecular weight is 326 g/mol. The molecule has 2 heteroatoms. The Labute approximate surface area is 148 Å². The number of hydrogen-bond donors (Lipinski definition) is 0. The highest BCUT2D eigenvalue weighted by atomic mass is 15.2. The Hall–Kier alpha value is -2.87. The van der Waals surface area contributed by atoms with E-state index in [1.54, 1.807) is 0 Å². The van der Waals surface area contributed by atoms with Crippen molar-refractivity contribution in [1.82, 2.24) is 4.90 Å². The van der Waals surface area contributed by atoms with Gasteiger partial charge in [-0.15, -0.1) is 0 Å². The Balaban J connectivity index is 1.69. The Bertz CT molecular complexity index is 976. The number of hydrogen-bond acceptors (Lipinski definition) is 2. The summed E-state index contributed by atoms with van der Waals surface area (Å²) in [6, 6.07) is 27.7. The van der Waals surface area contributed by atoms with Crippen molar-refractivity contribution in [3.8, 4) is 0 Å². The number of nitrogens with zero attached hydrogens (tertiary/aromatic N) is 2. The molecule has 3 aromatic carbocycles. The van der Waals surface area contributed by atoms with Crippen molar-refractivity contribution in [1.29, 1.82) is 0 Å². The molecule has 0 aromatic heterocycles. The molecule has 0 N–H and O–H groups in total. The molecular formula is C23H22N2. The summed E-state index contributed by atoms with van der Waals surface area (Å²) in [5.74, 6) is 0. The first-order chi connectivity index (χ1) is 12.3. The summed E-state index contributed by atoms with van der Waals surface area (Å²) in [7, 11) is 0. The number of fused-ring (bicyclic) bond motifs is 1. The molecule has 4 rings (SSSR count). The maximum absolute atomic E-state index is 5.05. The van der Waals surface area contributed by atoms with Crippen LogP contribution in [0.2, 0.25) is 0 Å². The van der Waals surface area contributed by atoms with Gasteiger partial charge in [-0.3, -0.25) is 4.99 Å². The van der Waals surface area contributed by atoms with Gasteiger partial charge in [0.05, 0.1) is 5.36 Å². The molecule has 0 radical (unpaired) electrons. The van der Waals surface area contributed by atoms with E-state index in [4.69, 9.17) is 4.99 Å². The molecule has 1 aliphatic rings. The van der Waals surface area contributed by atoms with E-state index in [0.29, 0.717) is 0 Å². The number of para-hydroxylation sites is 1. The first kappa shape index (κ1) is 15.6. The van der Waals surface area contributed by atoms with Crippen LogP contribution in [0.4, 0.5) is 0 Å². The first-order valence-electron chi connectivity index (χ1n) is 8.80. The van der Waals surface area contributed by atoms with Gasteiger partial charge in [0.1, 0.15) is 6.17 Å². The molecular weight excluding hydrogens is 304 g/mol. The molecule has 124 valence electrons. The molecule has 0 fully saturated rings. The zero-order valence-electron chi connectivity index (χ0n) is 14.5. The summed E-state index contributed by atoms with van der Waals surface area (Å²) in [6.45, 7) is 3.08. The van der Waals surface area contributed by atoms with E-state index in [-0.39, 0.29) is 6.17 Å². The normalized spacial score (nSPS) is 15.9. The topological polar surface area (TPSA) is 15.6 Å². The van der Waals surface area contributed by atoms with Gasteiger partial charge in [0.15, 0.2) is 0 Å². The molecule has 1 aliphatic heterocycles. The summed E-state index contributed by atoms with van der Waals surface area (Å²) in [6.07, 6.45) is 3.31. The number of aryl methyl sites for hydroxylation is 1. The molecule has 1 atom stereocenters. The zero-order chi connectivity index (χ0) is 17.1. The van der Waals surface area contributed by atoms with Crippen molar-refractivity contribution in [3.63, 3.8) is 0 Å². The third-order valence-corrected chi connectivity index (χ3v) is 4.66. The van der Waals surface area contributed by atoms with Crippen LogP contribution in [-0.4, -0.2) is 11.4 Å². The van der Waals surface area contributed by atoms with Crippen LogP contribution in [0.1, 0.15) is 22.9 Å². The van der Waals surface area contributed by atoms with E-state index in [9.17, 15) is 0 Å². The maximum atomic E-state index is 5.05. The molecule has 1 unspecified atom stereocenters. The molecule has 2 nitrogen and oxygen atoms in total. The summed E-state index contributed by atoms with van der Waals surface area (Å²) < 4.78 is 0. The second kappa shape index (κ2) is 6.94. The number of rotatable bonds is 4. The molecule has 0 spiro atoms. The van der Waals surface area contributed by atoms with Crippen LogP contribution in [0.5, 0.6) is 0 Å². The highest BCUT2D eigenvalue weighted by molar-refractivity contribution is 5.32. The second-order valence-corrected chi connectivity index (χ2v) is 6.58. The van der Waals surface area contributed by atoms with E-state index < -0.39 is 0 Å². The summed E-state index contributed by atoms with van der Waals surface area (Å²) in [5, 5.41) is 2.27. The van der Waals surface area contributed by atoms with Gasteiger partial charge in [-0.25, -0.2) is 0 Å². The third-order valence-electron chi connectivity index (χ3n) is 4.66. The van der Waals surface area contributed by atoms with E-state index in [1.165, 1.54) is 21.9 Å². The largest absolute Gasteiger partial charge is 0.351 e. The van der Waals surface area contributed by atoms with Gasteiger partial charge >= 0.3 is 0 Å². The van der Waals surface area contributed by atoms with Crippen LogP contribution in [0, 0.1) is 6.92 Å². The van der Waals surface area contributed by atoms with Crippen molar-refractivity contribution < 1.29 is 0 Å². The molecule has 0 saturated heterocycles. The summed E-state index contributed by atoms with van der Waals surface area (Å²) in [5.41, 5.74) is 3.88. The third kappa shape index (κ3) is 3.48. The average Bonchev–Trinajstić information content (AvgIpc) is 2.66. The molecule has 0 amide bonds. The van der Waals surface area contributed by atoms with E-state index in [1.807, 2.05) is 0 Å². The zero-order valence-corrected chi connectivity index (χ0v) is 14.5. The fourth-order valence-corrected chi connectivity index (χ4v) is 3.36. The van der Waals surface area contributed by atoms with Crippen LogP contribution in [-0.2, 0) is 6.42 Å². The van der Waals surface area contributed by atoms with Crippen molar-refractivity contribution in [2.45, 2.75) is 19.5 Å². The molecule has 0 saturated carbocycles. The molecule has 0 bridgehead atoms. The number of benzene rings is 3. The van der Waals surface area contributed by atoms with Crippen molar-refractivity contribution in [2.75, 3.05) is 6.54 Å². The van der Waals surface area contributed by atoms with Crippen molar-refractivity contribution in [2.24, 2.45) is 4.99 Å². The van der Waals surface area contributed by atoms with Crippen molar-refractivity contribution >= 4 is 6.20 Å². The lowest BCUT2D eigenvalue weighted by molar-refractivity contribution is 0.309. The van der Waals surface area contributed by atoms with Gasteiger partial charge in [0, 0.05) is 18.0 Å². The lowest BCUT2D eigenvalue weighted by Gasteiger charge is -2.30. The van der Waals surface area contributed by atoms with Crippen LogP contribution in [0.3, 0.4) is 0 Å². The monoisotopic (exact) mass is 326 g/mol. The fourth-order valence-electron chi connectivity index (χ4n) is 3.36. The van der Waals surface area contributed by atoms with Gasteiger partial charge in [-0.2, -0.15) is 0 Å². The van der Waals surface area contributed by atoms with Gasteiger partial charge in [-0.1, -0.05) is 78.4 Å². The second-order valence-electron chi connectivity index (χ2n) is 6.58.